The van der Waals surface area contributed by atoms with Gasteiger partial charge in [0.05, 0.1) is 6.54 Å². The van der Waals surface area contributed by atoms with Gasteiger partial charge in [0.1, 0.15) is 6.54 Å². The van der Waals surface area contributed by atoms with Gasteiger partial charge in [-0.15, -0.1) is 0 Å². The van der Waals surface area contributed by atoms with E-state index in [1.165, 1.54) is 0 Å². The van der Waals surface area contributed by atoms with Crippen LogP contribution < -0.4 is 5.32 Å². The van der Waals surface area contributed by atoms with Gasteiger partial charge in [0.25, 0.3) is 0 Å². The molecule has 3 amide bonds. The third kappa shape index (κ3) is 5.54. The molecule has 0 bridgehead atoms. The fourth-order valence-electron chi connectivity index (χ4n) is 3.29. The summed E-state index contributed by atoms with van der Waals surface area (Å²) in [7, 11) is 1.98. The molecule has 3 rings (SSSR count). The first-order valence-electron chi connectivity index (χ1n) is 10.1. The Hall–Kier alpha value is -2.47. The van der Waals surface area contributed by atoms with Gasteiger partial charge >= 0.3 is 6.03 Å². The van der Waals surface area contributed by atoms with Crippen molar-refractivity contribution < 1.29 is 9.59 Å². The maximum Gasteiger partial charge on any atom is 0.322 e. The molecule has 7 heteroatoms. The summed E-state index contributed by atoms with van der Waals surface area (Å²) >= 11 is 6.16. The Kier molecular flexibility index (Phi) is 6.85. The van der Waals surface area contributed by atoms with Gasteiger partial charge in [0, 0.05) is 42.2 Å². The summed E-state index contributed by atoms with van der Waals surface area (Å²) in [6.45, 7) is 5.06. The minimum absolute atomic E-state index is 0.0146. The number of rotatable bonds is 8. The van der Waals surface area contributed by atoms with Crippen molar-refractivity contribution in [2.24, 2.45) is 7.05 Å². The maximum absolute atomic E-state index is 13.1. The highest BCUT2D eigenvalue weighted by molar-refractivity contribution is 6.31. The van der Waals surface area contributed by atoms with Crippen LogP contribution in [-0.4, -0.2) is 45.4 Å². The quantitative estimate of drug-likeness (QED) is 0.692. The largest absolute Gasteiger partial charge is 0.353 e. The summed E-state index contributed by atoms with van der Waals surface area (Å²) in [5, 5.41) is 3.47. The number of nitrogens with one attached hydrogen (secondary N) is 1. The molecule has 1 aliphatic rings. The molecule has 29 heavy (non-hydrogen) atoms. The number of hydrogen-bond donors (Lipinski definition) is 1. The first-order chi connectivity index (χ1) is 13.9. The smallest absolute Gasteiger partial charge is 0.322 e. The summed E-state index contributed by atoms with van der Waals surface area (Å²) in [6, 6.07) is 9.41. The van der Waals surface area contributed by atoms with E-state index in [9.17, 15) is 9.59 Å². The molecule has 2 aromatic rings. The van der Waals surface area contributed by atoms with Gasteiger partial charge in [-0.2, -0.15) is 0 Å². The molecule has 156 valence electrons. The van der Waals surface area contributed by atoms with E-state index in [1.807, 2.05) is 60.8 Å². The van der Waals surface area contributed by atoms with Gasteiger partial charge in [-0.25, -0.2) is 4.79 Å². The van der Waals surface area contributed by atoms with E-state index in [-0.39, 0.29) is 24.5 Å². The molecule has 0 radical (unpaired) electrons. The molecule has 0 spiro atoms. The first-order valence-corrected chi connectivity index (χ1v) is 10.5. The van der Waals surface area contributed by atoms with Crippen LogP contribution in [0.4, 0.5) is 10.5 Å². The lowest BCUT2D eigenvalue weighted by Crippen LogP contribution is -2.45. The molecule has 1 aromatic carbocycles. The lowest BCUT2D eigenvalue weighted by molar-refractivity contribution is -0.133. The van der Waals surface area contributed by atoms with Crippen molar-refractivity contribution in [3.8, 4) is 0 Å². The highest BCUT2D eigenvalue weighted by atomic mass is 35.5. The number of anilines is 1. The molecule has 0 atom stereocenters. The van der Waals surface area contributed by atoms with Crippen LogP contribution in [0, 0.1) is 6.92 Å². The van der Waals surface area contributed by atoms with Crippen LogP contribution in [0.15, 0.2) is 36.5 Å². The number of amides is 3. The number of aryl methyl sites for hydroxylation is 2. The van der Waals surface area contributed by atoms with Crippen LogP contribution in [0.2, 0.25) is 5.02 Å². The number of carbonyl (C=O) groups excluding carboxylic acids is 2. The number of nitrogens with zero attached hydrogens (tertiary/aromatic N) is 3. The third-order valence-electron chi connectivity index (χ3n) is 5.22. The number of halogens is 1. The summed E-state index contributed by atoms with van der Waals surface area (Å²) in [6.07, 6.45) is 4.81. The van der Waals surface area contributed by atoms with Gasteiger partial charge in [0.2, 0.25) is 5.91 Å². The molecule has 1 aromatic heterocycles. The predicted molar refractivity (Wildman–Crippen MR) is 116 cm³/mol. The zero-order chi connectivity index (χ0) is 21.0. The van der Waals surface area contributed by atoms with Crippen molar-refractivity contribution >= 4 is 29.2 Å². The van der Waals surface area contributed by atoms with Gasteiger partial charge in [-0.05, 0) is 56.0 Å². The van der Waals surface area contributed by atoms with E-state index >= 15 is 0 Å². The fourth-order valence-corrected chi connectivity index (χ4v) is 3.47. The highest BCUT2D eigenvalue weighted by Gasteiger charge is 2.34. The highest BCUT2D eigenvalue weighted by Crippen LogP contribution is 2.28. The Labute approximate surface area is 177 Å². The minimum atomic E-state index is -0.283. The second kappa shape index (κ2) is 9.35. The predicted octanol–water partition coefficient (Wildman–Crippen LogP) is 4.42. The molecule has 1 N–H and O–H groups in total. The van der Waals surface area contributed by atoms with Gasteiger partial charge < -0.3 is 19.7 Å². The SMILES string of the molecule is CCCN(CC(=O)N(Cc1cccn1C)C1CC1)C(=O)Nc1ccc(C)c(Cl)c1. The Morgan fingerprint density at radius 1 is 1.28 bits per heavy atom. The molecule has 1 heterocycles. The summed E-state index contributed by atoms with van der Waals surface area (Å²) in [5.41, 5.74) is 2.67. The number of aromatic nitrogens is 1. The molecular formula is C22H29ClN4O2. The zero-order valence-corrected chi connectivity index (χ0v) is 18.1. The molecule has 1 fully saturated rings. The van der Waals surface area contributed by atoms with E-state index in [0.717, 1.165) is 30.5 Å². The molecule has 1 aliphatic carbocycles. The Bertz CT molecular complexity index is 875. The zero-order valence-electron chi connectivity index (χ0n) is 17.3. The van der Waals surface area contributed by atoms with Crippen LogP contribution in [0.5, 0.6) is 0 Å². The summed E-state index contributed by atoms with van der Waals surface area (Å²) < 4.78 is 2.03. The number of carbonyl (C=O) groups is 2. The number of hydrogen-bond acceptors (Lipinski definition) is 2. The second-order valence-corrected chi connectivity index (χ2v) is 8.09. The minimum Gasteiger partial charge on any atom is -0.353 e. The van der Waals surface area contributed by atoms with Gasteiger partial charge in [-0.3, -0.25) is 4.79 Å². The topological polar surface area (TPSA) is 57.6 Å². The van der Waals surface area contributed by atoms with Crippen LogP contribution in [0.25, 0.3) is 0 Å². The second-order valence-electron chi connectivity index (χ2n) is 7.68. The van der Waals surface area contributed by atoms with E-state index in [0.29, 0.717) is 23.8 Å². The molecule has 0 aliphatic heterocycles. The Balaban J connectivity index is 1.67. The Morgan fingerprint density at radius 2 is 2.03 bits per heavy atom. The van der Waals surface area contributed by atoms with Crippen molar-refractivity contribution in [2.75, 3.05) is 18.4 Å². The lowest BCUT2D eigenvalue weighted by atomic mass is 10.2. The summed E-state index contributed by atoms with van der Waals surface area (Å²) in [5.74, 6) is -0.0146. The van der Waals surface area contributed by atoms with Crippen molar-refractivity contribution in [3.63, 3.8) is 0 Å². The standard InChI is InChI=1S/C22H29ClN4O2/c1-4-11-26(22(29)24-17-8-7-16(2)20(23)13-17)15-21(28)27(18-9-10-18)14-19-6-5-12-25(19)3/h5-8,12-13,18H,4,9-11,14-15H2,1-3H3,(H,24,29). The van der Waals surface area contributed by atoms with Crippen molar-refractivity contribution in [1.82, 2.24) is 14.4 Å². The van der Waals surface area contributed by atoms with Crippen molar-refractivity contribution in [1.29, 1.82) is 0 Å². The fraction of sp³-hybridized carbons (Fsp3) is 0.455. The van der Waals surface area contributed by atoms with Crippen molar-refractivity contribution in [2.45, 2.75) is 45.7 Å². The first kappa shape index (κ1) is 21.2. The van der Waals surface area contributed by atoms with Crippen molar-refractivity contribution in [3.05, 3.63) is 52.8 Å². The molecule has 1 saturated carbocycles. The molecule has 0 saturated heterocycles. The third-order valence-corrected chi connectivity index (χ3v) is 5.63. The molecule has 0 unspecified atom stereocenters. The number of benzene rings is 1. The van der Waals surface area contributed by atoms with E-state index in [2.05, 4.69) is 5.32 Å². The molecular weight excluding hydrogens is 388 g/mol. The lowest BCUT2D eigenvalue weighted by Gasteiger charge is -2.28. The van der Waals surface area contributed by atoms with Gasteiger partial charge in [0.15, 0.2) is 0 Å². The number of urea groups is 1. The Morgan fingerprint density at radius 3 is 2.62 bits per heavy atom. The van der Waals surface area contributed by atoms with E-state index in [1.54, 1.807) is 11.0 Å². The maximum atomic E-state index is 13.1. The van der Waals surface area contributed by atoms with Crippen LogP contribution >= 0.6 is 11.6 Å². The van der Waals surface area contributed by atoms with Crippen LogP contribution in [0.3, 0.4) is 0 Å². The average Bonchev–Trinajstić information content (AvgIpc) is 3.44. The van der Waals surface area contributed by atoms with Crippen LogP contribution in [-0.2, 0) is 18.4 Å². The van der Waals surface area contributed by atoms with E-state index < -0.39 is 0 Å². The summed E-state index contributed by atoms with van der Waals surface area (Å²) in [4.78, 5) is 29.4. The normalized spacial score (nSPS) is 13.2. The monoisotopic (exact) mass is 416 g/mol. The van der Waals surface area contributed by atoms with E-state index in [4.69, 9.17) is 11.6 Å². The van der Waals surface area contributed by atoms with Crippen LogP contribution in [0.1, 0.15) is 37.4 Å². The average molecular weight is 417 g/mol. The molecule has 6 nitrogen and oxygen atoms in total. The van der Waals surface area contributed by atoms with Gasteiger partial charge in [-0.1, -0.05) is 24.6 Å².